The number of carbonyl (C=O) groups excluding carboxylic acids is 2. The van der Waals surface area contributed by atoms with Gasteiger partial charge in [-0.3, -0.25) is 9.59 Å². The Morgan fingerprint density at radius 1 is 1.30 bits per heavy atom. The van der Waals surface area contributed by atoms with Gasteiger partial charge in [-0.1, -0.05) is 34.8 Å². The number of amides is 2. The lowest BCUT2D eigenvalue weighted by Gasteiger charge is -2.15. The topological polar surface area (TPSA) is 75.8 Å². The van der Waals surface area contributed by atoms with Gasteiger partial charge in [0, 0.05) is 17.2 Å². The van der Waals surface area contributed by atoms with Crippen LogP contribution in [0.1, 0.15) is 19.3 Å². The fraction of sp³-hybridized carbons (Fsp3) is 0.250. The Bertz CT molecular complexity index is 593. The Morgan fingerprint density at radius 2 is 1.90 bits per heavy atom. The van der Waals surface area contributed by atoms with Gasteiger partial charge < -0.3 is 5.73 Å². The fourth-order valence-electron chi connectivity index (χ4n) is 1.80. The number of benzene rings is 1. The lowest BCUT2D eigenvalue weighted by atomic mass is 10.1. The molecular weight excluding hydrogens is 325 g/mol. The van der Waals surface area contributed by atoms with Crippen LogP contribution in [-0.2, 0) is 9.59 Å². The number of nitrogens with two attached hydrogens (primary N) is 1. The molecule has 0 aliphatic carbocycles. The van der Waals surface area contributed by atoms with Crippen LogP contribution in [0.3, 0.4) is 0 Å². The van der Waals surface area contributed by atoms with Crippen LogP contribution in [0.2, 0.25) is 15.1 Å². The zero-order valence-electron chi connectivity index (χ0n) is 10.2. The van der Waals surface area contributed by atoms with Crippen LogP contribution in [0, 0.1) is 0 Å². The Kier molecular flexibility index (Phi) is 4.52. The zero-order valence-corrected chi connectivity index (χ0v) is 12.5. The monoisotopic (exact) mass is 333 g/mol. The van der Waals surface area contributed by atoms with E-state index in [1.165, 1.54) is 12.1 Å². The molecule has 1 heterocycles. The molecule has 0 spiro atoms. The third-order valence-corrected chi connectivity index (χ3v) is 3.48. The lowest BCUT2D eigenvalue weighted by molar-refractivity contribution is -0.118. The molecule has 0 bridgehead atoms. The number of rotatable bonds is 4. The molecule has 1 aliphatic rings. The van der Waals surface area contributed by atoms with E-state index in [4.69, 9.17) is 40.5 Å². The van der Waals surface area contributed by atoms with Crippen molar-refractivity contribution in [3.8, 4) is 0 Å². The number of anilines is 1. The molecule has 0 saturated heterocycles. The molecule has 1 aliphatic heterocycles. The van der Waals surface area contributed by atoms with Gasteiger partial charge >= 0.3 is 0 Å². The van der Waals surface area contributed by atoms with Crippen LogP contribution in [0.15, 0.2) is 17.2 Å². The first kappa shape index (κ1) is 15.1. The largest absolute Gasteiger partial charge is 0.370 e. The van der Waals surface area contributed by atoms with Gasteiger partial charge in [-0.15, -0.1) is 0 Å². The first-order valence-corrected chi connectivity index (χ1v) is 6.84. The highest BCUT2D eigenvalue weighted by atomic mass is 35.5. The normalized spacial score (nSPS) is 14.7. The van der Waals surface area contributed by atoms with Crippen molar-refractivity contribution in [2.45, 2.75) is 19.3 Å². The molecular formula is C12H10Cl3N3O2. The summed E-state index contributed by atoms with van der Waals surface area (Å²) in [5.74, 6) is -0.711. The van der Waals surface area contributed by atoms with E-state index in [0.29, 0.717) is 17.2 Å². The summed E-state index contributed by atoms with van der Waals surface area (Å²) in [6.07, 6.45) is 0.588. The molecule has 0 unspecified atom stereocenters. The fourth-order valence-corrected chi connectivity index (χ4v) is 2.78. The van der Waals surface area contributed by atoms with Gasteiger partial charge in [0.2, 0.25) is 5.91 Å². The highest BCUT2D eigenvalue weighted by molar-refractivity contribution is 6.42. The molecule has 2 rings (SSSR count). The molecule has 1 aromatic carbocycles. The molecule has 0 fully saturated rings. The maximum atomic E-state index is 12.0. The molecule has 1 aromatic rings. The number of hydrazone groups is 1. The van der Waals surface area contributed by atoms with Crippen molar-refractivity contribution < 1.29 is 9.59 Å². The van der Waals surface area contributed by atoms with E-state index in [0.717, 1.165) is 5.01 Å². The maximum absolute atomic E-state index is 12.0. The van der Waals surface area contributed by atoms with E-state index in [2.05, 4.69) is 5.10 Å². The van der Waals surface area contributed by atoms with Crippen molar-refractivity contribution in [3.05, 3.63) is 27.2 Å². The molecule has 2 N–H and O–H groups in total. The van der Waals surface area contributed by atoms with Crippen LogP contribution < -0.4 is 10.7 Å². The highest BCUT2D eigenvalue weighted by Gasteiger charge is 2.28. The molecule has 0 radical (unpaired) electrons. The van der Waals surface area contributed by atoms with Crippen molar-refractivity contribution in [2.24, 2.45) is 10.8 Å². The van der Waals surface area contributed by atoms with Gasteiger partial charge in [-0.25, -0.2) is 0 Å². The Hall–Kier alpha value is -1.30. The summed E-state index contributed by atoms with van der Waals surface area (Å²) < 4.78 is 0. The predicted octanol–water partition coefficient (Wildman–Crippen LogP) is 3.01. The quantitative estimate of drug-likeness (QED) is 0.919. The van der Waals surface area contributed by atoms with E-state index in [-0.39, 0.29) is 34.5 Å². The van der Waals surface area contributed by atoms with Gasteiger partial charge in [0.25, 0.3) is 5.91 Å². The van der Waals surface area contributed by atoms with Crippen LogP contribution in [0.4, 0.5) is 5.69 Å². The number of hydrogen-bond donors (Lipinski definition) is 1. The van der Waals surface area contributed by atoms with E-state index in [1.54, 1.807) is 0 Å². The van der Waals surface area contributed by atoms with Crippen molar-refractivity contribution >= 4 is 58.0 Å². The van der Waals surface area contributed by atoms with Crippen LogP contribution in [0.25, 0.3) is 0 Å². The minimum atomic E-state index is -0.443. The minimum absolute atomic E-state index is 0.114. The number of hydrogen-bond acceptors (Lipinski definition) is 3. The Balaban J connectivity index is 2.29. The second-order valence-electron chi connectivity index (χ2n) is 4.23. The summed E-state index contributed by atoms with van der Waals surface area (Å²) in [6, 6.07) is 2.96. The molecule has 0 atom stereocenters. The summed E-state index contributed by atoms with van der Waals surface area (Å²) in [5.41, 5.74) is 5.92. The minimum Gasteiger partial charge on any atom is -0.370 e. The number of carbonyl (C=O) groups is 2. The van der Waals surface area contributed by atoms with Gasteiger partial charge in [0.1, 0.15) is 5.69 Å². The summed E-state index contributed by atoms with van der Waals surface area (Å²) >= 11 is 17.9. The number of nitrogens with zero attached hydrogens (tertiary/aromatic N) is 2. The van der Waals surface area contributed by atoms with Crippen LogP contribution in [-0.4, -0.2) is 17.5 Å². The predicted molar refractivity (Wildman–Crippen MR) is 79.4 cm³/mol. The SMILES string of the molecule is NC(=O)CCC1=NN(c2c(Cl)cc(Cl)cc2Cl)C(=O)C1. The second-order valence-corrected chi connectivity index (χ2v) is 5.48. The van der Waals surface area contributed by atoms with E-state index in [9.17, 15) is 9.59 Å². The molecule has 0 saturated carbocycles. The van der Waals surface area contributed by atoms with Crippen LogP contribution in [0.5, 0.6) is 0 Å². The second kappa shape index (κ2) is 5.99. The van der Waals surface area contributed by atoms with Crippen molar-refractivity contribution in [1.29, 1.82) is 0 Å². The lowest BCUT2D eigenvalue weighted by Crippen LogP contribution is -2.20. The molecule has 5 nitrogen and oxygen atoms in total. The van der Waals surface area contributed by atoms with Crippen molar-refractivity contribution in [1.82, 2.24) is 0 Å². The molecule has 8 heteroatoms. The van der Waals surface area contributed by atoms with Gasteiger partial charge in [-0.2, -0.15) is 10.1 Å². The van der Waals surface area contributed by atoms with Crippen LogP contribution >= 0.6 is 34.8 Å². The highest BCUT2D eigenvalue weighted by Crippen LogP contribution is 2.38. The third-order valence-electron chi connectivity index (χ3n) is 2.69. The molecule has 0 aromatic heterocycles. The molecule has 106 valence electrons. The average Bonchev–Trinajstić information content (AvgIpc) is 2.67. The van der Waals surface area contributed by atoms with E-state index >= 15 is 0 Å². The average molecular weight is 335 g/mol. The summed E-state index contributed by atoms with van der Waals surface area (Å²) in [6.45, 7) is 0. The third kappa shape index (κ3) is 3.23. The summed E-state index contributed by atoms with van der Waals surface area (Å²) in [7, 11) is 0. The van der Waals surface area contributed by atoms with E-state index in [1.807, 2.05) is 0 Å². The van der Waals surface area contributed by atoms with Crippen molar-refractivity contribution in [2.75, 3.05) is 5.01 Å². The molecule has 20 heavy (non-hydrogen) atoms. The van der Waals surface area contributed by atoms with E-state index < -0.39 is 5.91 Å². The zero-order chi connectivity index (χ0) is 14.9. The van der Waals surface area contributed by atoms with Gasteiger partial charge in [0.05, 0.1) is 16.5 Å². The number of primary amides is 1. The first-order valence-electron chi connectivity index (χ1n) is 5.70. The number of halogens is 3. The summed E-state index contributed by atoms with van der Waals surface area (Å²) in [4.78, 5) is 22.7. The van der Waals surface area contributed by atoms with Gasteiger partial charge in [-0.05, 0) is 18.6 Å². The Morgan fingerprint density at radius 3 is 2.45 bits per heavy atom. The maximum Gasteiger partial charge on any atom is 0.253 e. The van der Waals surface area contributed by atoms with Crippen molar-refractivity contribution in [3.63, 3.8) is 0 Å². The standard InChI is InChI=1S/C12H10Cl3N3O2/c13-6-3-8(14)12(9(15)4-6)18-11(20)5-7(17-18)1-2-10(16)19/h3-4H,1-2,5H2,(H2,16,19). The first-order chi connectivity index (χ1) is 9.38. The molecule has 2 amide bonds. The van der Waals surface area contributed by atoms with Gasteiger partial charge in [0.15, 0.2) is 0 Å². The Labute approximate surface area is 130 Å². The smallest absolute Gasteiger partial charge is 0.253 e. The summed E-state index contributed by atoms with van der Waals surface area (Å²) in [5, 5.41) is 6.11.